The van der Waals surface area contributed by atoms with E-state index in [1.165, 1.54) is 11.3 Å². The molecule has 2 aromatic heterocycles. The van der Waals surface area contributed by atoms with Gasteiger partial charge in [-0.3, -0.25) is 9.48 Å². The molecule has 0 spiro atoms. The monoisotopic (exact) mass is 264 g/mol. The maximum Gasteiger partial charge on any atom is 0.312 e. The number of carbonyl (C=O) groups is 1. The van der Waals surface area contributed by atoms with Crippen molar-refractivity contribution >= 4 is 28.1 Å². The summed E-state index contributed by atoms with van der Waals surface area (Å²) in [5.74, 6) is -1.23. The predicted molar refractivity (Wildman–Crippen MR) is 67.3 cm³/mol. The molecule has 2 heterocycles. The van der Waals surface area contributed by atoms with Crippen molar-refractivity contribution in [3.63, 3.8) is 0 Å². The largest absolute Gasteiger partial charge is 0.481 e. The molecule has 1 aliphatic carbocycles. The van der Waals surface area contributed by atoms with Crippen LogP contribution in [0.15, 0.2) is 12.4 Å². The highest BCUT2D eigenvalue weighted by Crippen LogP contribution is 2.39. The lowest BCUT2D eigenvalue weighted by atomic mass is 10.1. The van der Waals surface area contributed by atoms with E-state index < -0.39 is 11.9 Å². The molecule has 0 aliphatic heterocycles. The highest BCUT2D eigenvalue weighted by Gasteiger charge is 2.32. The fourth-order valence-corrected chi connectivity index (χ4v) is 3.19. The lowest BCUT2D eigenvalue weighted by molar-refractivity contribution is -0.138. The molecule has 1 atom stereocenters. The number of rotatable bonds is 3. The average molecular weight is 264 g/mol. The van der Waals surface area contributed by atoms with Crippen LogP contribution in [0.5, 0.6) is 0 Å². The number of hydrogen-bond donors (Lipinski definition) is 2. The van der Waals surface area contributed by atoms with E-state index in [1.54, 1.807) is 10.9 Å². The van der Waals surface area contributed by atoms with E-state index in [0.717, 1.165) is 27.8 Å². The third kappa shape index (κ3) is 1.86. The highest BCUT2D eigenvalue weighted by atomic mass is 32.1. The van der Waals surface area contributed by atoms with E-state index in [-0.39, 0.29) is 0 Å². The van der Waals surface area contributed by atoms with Crippen molar-refractivity contribution in [1.29, 1.82) is 0 Å². The maximum absolute atomic E-state index is 11.1. The number of nitrogens with one attached hydrogen (secondary N) is 1. The molecule has 0 radical (unpaired) electrons. The van der Waals surface area contributed by atoms with E-state index in [4.69, 9.17) is 5.11 Å². The molecule has 0 aromatic carbocycles. The lowest BCUT2D eigenvalue weighted by Crippen LogP contribution is -2.08. The van der Waals surface area contributed by atoms with Crippen LogP contribution in [0.3, 0.4) is 0 Å². The van der Waals surface area contributed by atoms with Crippen molar-refractivity contribution in [3.05, 3.63) is 23.0 Å². The summed E-state index contributed by atoms with van der Waals surface area (Å²) in [7, 11) is 1.84. The van der Waals surface area contributed by atoms with E-state index in [2.05, 4.69) is 15.4 Å². The normalized spacial score (nSPS) is 17.7. The number of thiazole rings is 1. The summed E-state index contributed by atoms with van der Waals surface area (Å²) in [6.07, 6.45) is 5.03. The van der Waals surface area contributed by atoms with Crippen LogP contribution in [0.2, 0.25) is 0 Å². The summed E-state index contributed by atoms with van der Waals surface area (Å²) >= 11 is 1.52. The number of fused-ring (bicyclic) bond motifs is 1. The fraction of sp³-hybridized carbons (Fsp3) is 0.364. The standard InChI is InChI=1S/C11H12N4O2S/c1-15-5-6(4-12-15)13-11-14-9-7(10(16)17)2-3-8(9)18-11/h4-5,7H,2-3H2,1H3,(H,13,14)(H,16,17). The van der Waals surface area contributed by atoms with Crippen LogP contribution in [0.25, 0.3) is 0 Å². The number of aromatic nitrogens is 3. The zero-order chi connectivity index (χ0) is 12.7. The first-order valence-electron chi connectivity index (χ1n) is 5.61. The molecule has 1 aliphatic rings. The van der Waals surface area contributed by atoms with Crippen LogP contribution >= 0.6 is 11.3 Å². The molecule has 0 saturated carbocycles. The number of hydrogen-bond acceptors (Lipinski definition) is 5. The Balaban J connectivity index is 1.84. The molecule has 1 unspecified atom stereocenters. The molecule has 0 fully saturated rings. The Morgan fingerprint density at radius 1 is 1.67 bits per heavy atom. The Hall–Kier alpha value is -1.89. The summed E-state index contributed by atoms with van der Waals surface area (Å²) in [4.78, 5) is 16.5. The summed E-state index contributed by atoms with van der Waals surface area (Å²) in [5.41, 5.74) is 1.58. The number of aliphatic carboxylic acids is 1. The van der Waals surface area contributed by atoms with Crippen LogP contribution in [-0.2, 0) is 18.3 Å². The van der Waals surface area contributed by atoms with Crippen LogP contribution in [0, 0.1) is 0 Å². The van der Waals surface area contributed by atoms with Crippen molar-refractivity contribution in [2.24, 2.45) is 7.05 Å². The Morgan fingerprint density at radius 3 is 3.17 bits per heavy atom. The van der Waals surface area contributed by atoms with Gasteiger partial charge < -0.3 is 10.4 Å². The second-order valence-electron chi connectivity index (χ2n) is 4.28. The average Bonchev–Trinajstić information content (AvgIpc) is 2.93. The van der Waals surface area contributed by atoms with Crippen molar-refractivity contribution < 1.29 is 9.90 Å². The third-order valence-corrected chi connectivity index (χ3v) is 4.02. The first kappa shape index (κ1) is 11.2. The molecule has 0 bridgehead atoms. The van der Waals surface area contributed by atoms with E-state index in [9.17, 15) is 4.79 Å². The minimum atomic E-state index is -0.785. The maximum atomic E-state index is 11.1. The van der Waals surface area contributed by atoms with Crippen LogP contribution in [0.4, 0.5) is 10.8 Å². The molecule has 7 heteroatoms. The second kappa shape index (κ2) is 4.09. The summed E-state index contributed by atoms with van der Waals surface area (Å²) in [6.45, 7) is 0. The lowest BCUT2D eigenvalue weighted by Gasteiger charge is -2.01. The van der Waals surface area contributed by atoms with Crippen molar-refractivity contribution in [2.45, 2.75) is 18.8 Å². The predicted octanol–water partition coefficient (Wildman–Crippen LogP) is 1.73. The molecule has 2 N–H and O–H groups in total. The van der Waals surface area contributed by atoms with Gasteiger partial charge in [-0.2, -0.15) is 5.10 Å². The number of aryl methyl sites for hydroxylation is 2. The van der Waals surface area contributed by atoms with Gasteiger partial charge >= 0.3 is 5.97 Å². The fourth-order valence-electron chi connectivity index (χ4n) is 2.13. The molecular formula is C11H12N4O2S. The minimum absolute atomic E-state index is 0.444. The van der Waals surface area contributed by atoms with Gasteiger partial charge in [-0.15, -0.1) is 11.3 Å². The van der Waals surface area contributed by atoms with Gasteiger partial charge in [0.1, 0.15) is 5.92 Å². The quantitative estimate of drug-likeness (QED) is 0.882. The van der Waals surface area contributed by atoms with Gasteiger partial charge in [0.25, 0.3) is 0 Å². The van der Waals surface area contributed by atoms with Crippen LogP contribution in [0.1, 0.15) is 22.9 Å². The zero-order valence-electron chi connectivity index (χ0n) is 9.75. The minimum Gasteiger partial charge on any atom is -0.481 e. The van der Waals surface area contributed by atoms with Crippen molar-refractivity contribution in [3.8, 4) is 0 Å². The third-order valence-electron chi connectivity index (χ3n) is 2.97. The van der Waals surface area contributed by atoms with Gasteiger partial charge in [-0.05, 0) is 12.8 Å². The van der Waals surface area contributed by atoms with Gasteiger partial charge in [-0.1, -0.05) is 0 Å². The summed E-state index contributed by atoms with van der Waals surface area (Å²) in [5, 5.41) is 17.0. The van der Waals surface area contributed by atoms with Gasteiger partial charge in [0, 0.05) is 18.1 Å². The number of carboxylic acid groups (broad SMARTS) is 1. The molecule has 6 nitrogen and oxygen atoms in total. The summed E-state index contributed by atoms with van der Waals surface area (Å²) in [6, 6.07) is 0. The SMILES string of the molecule is Cn1cc(Nc2nc3c(s2)CCC3C(=O)O)cn1. The molecular weight excluding hydrogens is 252 g/mol. The van der Waals surface area contributed by atoms with Gasteiger partial charge in [0.15, 0.2) is 5.13 Å². The Kier molecular flexibility index (Phi) is 2.55. The summed E-state index contributed by atoms with van der Waals surface area (Å²) < 4.78 is 1.70. The number of anilines is 2. The zero-order valence-corrected chi connectivity index (χ0v) is 10.6. The second-order valence-corrected chi connectivity index (χ2v) is 5.37. The molecule has 0 amide bonds. The molecule has 0 saturated heterocycles. The topological polar surface area (TPSA) is 80.0 Å². The molecule has 94 valence electrons. The van der Waals surface area contributed by atoms with Crippen molar-refractivity contribution in [2.75, 3.05) is 5.32 Å². The molecule has 3 rings (SSSR count). The number of carboxylic acids is 1. The van der Waals surface area contributed by atoms with Crippen molar-refractivity contribution in [1.82, 2.24) is 14.8 Å². The van der Waals surface area contributed by atoms with Gasteiger partial charge in [-0.25, -0.2) is 4.98 Å². The Morgan fingerprint density at radius 2 is 2.50 bits per heavy atom. The first-order valence-corrected chi connectivity index (χ1v) is 6.43. The highest BCUT2D eigenvalue weighted by molar-refractivity contribution is 7.15. The first-order chi connectivity index (χ1) is 8.63. The van der Waals surface area contributed by atoms with Gasteiger partial charge in [0.05, 0.1) is 17.6 Å². The van der Waals surface area contributed by atoms with E-state index >= 15 is 0 Å². The van der Waals surface area contributed by atoms with E-state index in [1.807, 2.05) is 13.2 Å². The Bertz CT molecular complexity index is 604. The molecule has 18 heavy (non-hydrogen) atoms. The van der Waals surface area contributed by atoms with E-state index in [0.29, 0.717) is 6.42 Å². The molecule has 2 aromatic rings. The van der Waals surface area contributed by atoms with Crippen LogP contribution < -0.4 is 5.32 Å². The smallest absolute Gasteiger partial charge is 0.312 e. The number of nitrogens with zero attached hydrogens (tertiary/aromatic N) is 3. The van der Waals surface area contributed by atoms with Crippen LogP contribution in [-0.4, -0.2) is 25.8 Å². The Labute approximate surface area is 107 Å². The van der Waals surface area contributed by atoms with Gasteiger partial charge in [0.2, 0.25) is 0 Å².